The first-order valence-corrected chi connectivity index (χ1v) is 7.68. The highest BCUT2D eigenvalue weighted by Crippen LogP contribution is 2.26. The third-order valence-corrected chi connectivity index (χ3v) is 4.23. The number of nitrogens with two attached hydrogens (primary N) is 1. The van der Waals surface area contributed by atoms with E-state index >= 15 is 0 Å². The van der Waals surface area contributed by atoms with Crippen LogP contribution in [0.2, 0.25) is 0 Å². The molecule has 0 aliphatic heterocycles. The second-order valence-electron chi connectivity index (χ2n) is 4.95. The van der Waals surface area contributed by atoms with E-state index in [0.29, 0.717) is 17.5 Å². The highest BCUT2D eigenvalue weighted by Gasteiger charge is 2.16. The fourth-order valence-electron chi connectivity index (χ4n) is 1.86. The fraction of sp³-hybridized carbons (Fsp3) is 0.333. The Bertz CT molecular complexity index is 620. The first-order valence-electron chi connectivity index (χ1n) is 6.46. The number of benzene rings is 1. The summed E-state index contributed by atoms with van der Waals surface area (Å²) in [6, 6.07) is 7.97. The SMILES string of the molecule is Cc1cccc(OCc2nc(C(C)C)c(C(N)=S)s2)c1. The number of nitrogens with zero attached hydrogens (tertiary/aromatic N) is 1. The maximum absolute atomic E-state index is 5.76. The van der Waals surface area contributed by atoms with Crippen molar-refractivity contribution in [3.05, 3.63) is 45.4 Å². The van der Waals surface area contributed by atoms with E-state index in [1.165, 1.54) is 16.9 Å². The van der Waals surface area contributed by atoms with Crippen LogP contribution in [0.25, 0.3) is 0 Å². The van der Waals surface area contributed by atoms with Crippen molar-refractivity contribution in [2.24, 2.45) is 5.73 Å². The van der Waals surface area contributed by atoms with Gasteiger partial charge in [-0.05, 0) is 30.5 Å². The molecule has 0 atom stereocenters. The van der Waals surface area contributed by atoms with Crippen molar-refractivity contribution in [3.63, 3.8) is 0 Å². The van der Waals surface area contributed by atoms with Gasteiger partial charge in [0.2, 0.25) is 0 Å². The smallest absolute Gasteiger partial charge is 0.140 e. The summed E-state index contributed by atoms with van der Waals surface area (Å²) in [5.74, 6) is 1.15. The van der Waals surface area contributed by atoms with Crippen LogP contribution in [-0.2, 0) is 6.61 Å². The van der Waals surface area contributed by atoms with Gasteiger partial charge in [-0.15, -0.1) is 11.3 Å². The molecule has 0 aliphatic carbocycles. The Morgan fingerprint density at radius 3 is 2.75 bits per heavy atom. The van der Waals surface area contributed by atoms with Gasteiger partial charge in [-0.25, -0.2) is 4.98 Å². The second kappa shape index (κ2) is 6.33. The van der Waals surface area contributed by atoms with Crippen molar-refractivity contribution in [2.75, 3.05) is 0 Å². The van der Waals surface area contributed by atoms with Gasteiger partial charge in [-0.3, -0.25) is 0 Å². The monoisotopic (exact) mass is 306 g/mol. The van der Waals surface area contributed by atoms with Crippen LogP contribution in [0.3, 0.4) is 0 Å². The maximum atomic E-state index is 5.76. The summed E-state index contributed by atoms with van der Waals surface area (Å²) in [5, 5.41) is 0.901. The van der Waals surface area contributed by atoms with Crippen molar-refractivity contribution in [3.8, 4) is 5.75 Å². The molecule has 20 heavy (non-hydrogen) atoms. The lowest BCUT2D eigenvalue weighted by Gasteiger charge is -2.04. The van der Waals surface area contributed by atoms with Crippen LogP contribution in [0.15, 0.2) is 24.3 Å². The molecule has 1 aromatic carbocycles. The number of thiazole rings is 1. The van der Waals surface area contributed by atoms with Crippen molar-refractivity contribution in [1.29, 1.82) is 0 Å². The minimum Gasteiger partial charge on any atom is -0.486 e. The molecule has 1 heterocycles. The van der Waals surface area contributed by atoms with Gasteiger partial charge in [0.1, 0.15) is 22.4 Å². The molecule has 0 aliphatic rings. The minimum atomic E-state index is 0.301. The molecule has 1 aromatic heterocycles. The molecule has 0 spiro atoms. The maximum Gasteiger partial charge on any atom is 0.140 e. The number of hydrogen-bond donors (Lipinski definition) is 1. The number of ether oxygens (including phenoxy) is 1. The number of thiocarbonyl (C=S) groups is 1. The predicted octanol–water partition coefficient (Wildman–Crippen LogP) is 3.79. The molecule has 0 fully saturated rings. The van der Waals surface area contributed by atoms with E-state index in [2.05, 4.69) is 18.8 Å². The van der Waals surface area contributed by atoms with Crippen LogP contribution >= 0.6 is 23.6 Å². The van der Waals surface area contributed by atoms with E-state index in [-0.39, 0.29) is 0 Å². The standard InChI is InChI=1S/C15H18N2OS2/c1-9(2)13-14(15(16)19)20-12(17-13)8-18-11-6-4-5-10(3)7-11/h4-7,9H,8H2,1-3H3,(H2,16,19). The van der Waals surface area contributed by atoms with Gasteiger partial charge in [0.15, 0.2) is 0 Å². The highest BCUT2D eigenvalue weighted by molar-refractivity contribution is 7.81. The van der Waals surface area contributed by atoms with Crippen molar-refractivity contribution < 1.29 is 4.74 Å². The summed E-state index contributed by atoms with van der Waals surface area (Å²) < 4.78 is 5.76. The Labute approximate surface area is 128 Å². The zero-order valence-corrected chi connectivity index (χ0v) is 13.5. The van der Waals surface area contributed by atoms with Gasteiger partial charge in [0.25, 0.3) is 0 Å². The van der Waals surface area contributed by atoms with Gasteiger partial charge < -0.3 is 10.5 Å². The van der Waals surface area contributed by atoms with Gasteiger partial charge in [-0.2, -0.15) is 0 Å². The Kier molecular flexibility index (Phi) is 4.73. The lowest BCUT2D eigenvalue weighted by Crippen LogP contribution is -2.10. The number of rotatable bonds is 5. The van der Waals surface area contributed by atoms with Crippen molar-refractivity contribution >= 4 is 28.5 Å². The summed E-state index contributed by atoms with van der Waals surface area (Å²) in [7, 11) is 0. The van der Waals surface area contributed by atoms with Gasteiger partial charge in [0.05, 0.1) is 10.6 Å². The summed E-state index contributed by atoms with van der Waals surface area (Å²) >= 11 is 6.60. The molecule has 2 N–H and O–H groups in total. The molecule has 0 saturated heterocycles. The first-order chi connectivity index (χ1) is 9.47. The Hall–Kier alpha value is -1.46. The average molecular weight is 306 g/mol. The van der Waals surface area contributed by atoms with E-state index in [0.717, 1.165) is 21.3 Å². The minimum absolute atomic E-state index is 0.301. The third-order valence-electron chi connectivity index (χ3n) is 2.82. The van der Waals surface area contributed by atoms with Crippen LogP contribution < -0.4 is 10.5 Å². The van der Waals surface area contributed by atoms with Crippen molar-refractivity contribution in [2.45, 2.75) is 33.3 Å². The number of hydrogen-bond acceptors (Lipinski definition) is 4. The highest BCUT2D eigenvalue weighted by atomic mass is 32.1. The molecule has 0 saturated carbocycles. The number of aromatic nitrogens is 1. The molecular formula is C15H18N2OS2. The molecule has 0 unspecified atom stereocenters. The molecule has 2 aromatic rings. The lowest BCUT2D eigenvalue weighted by molar-refractivity contribution is 0.305. The normalized spacial score (nSPS) is 10.8. The van der Waals surface area contributed by atoms with Gasteiger partial charge in [0, 0.05) is 0 Å². The Morgan fingerprint density at radius 1 is 1.45 bits per heavy atom. The summed E-state index contributed by atoms with van der Waals surface area (Å²) in [4.78, 5) is 5.91. The molecule has 5 heteroatoms. The van der Waals surface area contributed by atoms with Crippen LogP contribution in [0, 0.1) is 6.92 Å². The second-order valence-corrected chi connectivity index (χ2v) is 6.47. The van der Waals surface area contributed by atoms with Gasteiger partial charge in [-0.1, -0.05) is 38.2 Å². The zero-order chi connectivity index (χ0) is 14.7. The van der Waals surface area contributed by atoms with Crippen LogP contribution in [-0.4, -0.2) is 9.97 Å². The van der Waals surface area contributed by atoms with Crippen LogP contribution in [0.1, 0.15) is 40.9 Å². The van der Waals surface area contributed by atoms with Crippen LogP contribution in [0.4, 0.5) is 0 Å². The molecule has 0 radical (unpaired) electrons. The van der Waals surface area contributed by atoms with E-state index in [9.17, 15) is 0 Å². The van der Waals surface area contributed by atoms with Crippen LogP contribution in [0.5, 0.6) is 5.75 Å². The Morgan fingerprint density at radius 2 is 2.20 bits per heavy atom. The van der Waals surface area contributed by atoms with E-state index < -0.39 is 0 Å². The average Bonchev–Trinajstić information content (AvgIpc) is 2.81. The van der Waals surface area contributed by atoms with E-state index in [4.69, 9.17) is 22.7 Å². The summed E-state index contributed by atoms with van der Waals surface area (Å²) in [5.41, 5.74) is 7.89. The topological polar surface area (TPSA) is 48.1 Å². The molecule has 0 bridgehead atoms. The first kappa shape index (κ1) is 14.9. The largest absolute Gasteiger partial charge is 0.486 e. The lowest BCUT2D eigenvalue weighted by atomic mass is 10.1. The van der Waals surface area contributed by atoms with E-state index in [1.54, 1.807) is 0 Å². The molecule has 0 amide bonds. The zero-order valence-electron chi connectivity index (χ0n) is 11.8. The quantitative estimate of drug-likeness (QED) is 0.854. The van der Waals surface area contributed by atoms with Gasteiger partial charge >= 0.3 is 0 Å². The summed E-state index contributed by atoms with van der Waals surface area (Å²) in [6.45, 7) is 6.65. The third kappa shape index (κ3) is 3.55. The molecule has 3 nitrogen and oxygen atoms in total. The molecular weight excluding hydrogens is 288 g/mol. The van der Waals surface area contributed by atoms with E-state index in [1.807, 2.05) is 31.2 Å². The Balaban J connectivity index is 2.14. The van der Waals surface area contributed by atoms with Crippen molar-refractivity contribution in [1.82, 2.24) is 4.98 Å². The fourth-order valence-corrected chi connectivity index (χ4v) is 3.07. The predicted molar refractivity (Wildman–Crippen MR) is 87.6 cm³/mol. The number of aryl methyl sites for hydroxylation is 1. The molecule has 2 rings (SSSR count). The summed E-state index contributed by atoms with van der Waals surface area (Å²) in [6.07, 6.45) is 0. The molecule has 106 valence electrons.